The third-order valence-corrected chi connectivity index (χ3v) is 4.40. The van der Waals surface area contributed by atoms with Crippen molar-refractivity contribution in [1.29, 1.82) is 0 Å². The van der Waals surface area contributed by atoms with E-state index >= 15 is 0 Å². The van der Waals surface area contributed by atoms with Crippen LogP contribution in [0.15, 0.2) is 48.7 Å². The first-order valence-electron chi connectivity index (χ1n) is 8.80. The van der Waals surface area contributed by atoms with Gasteiger partial charge in [-0.05, 0) is 47.9 Å². The van der Waals surface area contributed by atoms with Gasteiger partial charge in [0.2, 0.25) is 0 Å². The molecule has 1 heterocycles. The van der Waals surface area contributed by atoms with Gasteiger partial charge in [-0.2, -0.15) is 0 Å². The summed E-state index contributed by atoms with van der Waals surface area (Å²) in [5.41, 5.74) is 3.20. The van der Waals surface area contributed by atoms with Gasteiger partial charge in [0.15, 0.2) is 17.4 Å². The van der Waals surface area contributed by atoms with Crippen molar-refractivity contribution in [2.75, 3.05) is 7.11 Å². The number of pyridine rings is 1. The number of halogens is 2. The summed E-state index contributed by atoms with van der Waals surface area (Å²) in [4.78, 5) is 15.6. The molecule has 0 aliphatic carbocycles. The number of nitrogens with zero attached hydrogens (tertiary/aromatic N) is 1. The van der Waals surface area contributed by atoms with Crippen molar-refractivity contribution in [3.63, 3.8) is 0 Å². The summed E-state index contributed by atoms with van der Waals surface area (Å²) in [5, 5.41) is 9.10. The number of hydrogen-bond acceptors (Lipinski definition) is 3. The minimum Gasteiger partial charge on any atom is -0.491 e. The molecule has 0 saturated carbocycles. The second kappa shape index (κ2) is 8.17. The normalized spacial score (nSPS) is 10.7. The van der Waals surface area contributed by atoms with Crippen molar-refractivity contribution >= 4 is 5.97 Å². The maximum absolute atomic E-state index is 14.2. The van der Waals surface area contributed by atoms with Gasteiger partial charge in [-0.15, -0.1) is 0 Å². The molecule has 0 radical (unpaired) electrons. The Kier molecular flexibility index (Phi) is 5.68. The highest BCUT2D eigenvalue weighted by atomic mass is 19.1. The molecular weight excluding hydrogens is 364 g/mol. The molecule has 0 unspecified atom stereocenters. The van der Waals surface area contributed by atoms with E-state index in [1.54, 1.807) is 18.3 Å². The second-order valence-corrected chi connectivity index (χ2v) is 6.35. The molecule has 6 heteroatoms. The fraction of sp³-hybridized carbons (Fsp3) is 0.182. The topological polar surface area (TPSA) is 59.4 Å². The smallest absolute Gasteiger partial charge is 0.335 e. The third kappa shape index (κ3) is 3.86. The number of ether oxygens (including phenoxy) is 1. The zero-order chi connectivity index (χ0) is 20.3. The van der Waals surface area contributed by atoms with Crippen LogP contribution in [-0.4, -0.2) is 23.2 Å². The lowest BCUT2D eigenvalue weighted by Gasteiger charge is -2.13. The van der Waals surface area contributed by atoms with E-state index in [1.165, 1.54) is 31.4 Å². The van der Waals surface area contributed by atoms with Crippen LogP contribution in [0.2, 0.25) is 0 Å². The van der Waals surface area contributed by atoms with E-state index in [1.807, 2.05) is 13.0 Å². The Morgan fingerprint density at radius 1 is 1.07 bits per heavy atom. The molecule has 2 aromatic carbocycles. The third-order valence-electron chi connectivity index (χ3n) is 4.40. The molecule has 0 fully saturated rings. The predicted octanol–water partition coefficient (Wildman–Crippen LogP) is 5.35. The maximum Gasteiger partial charge on any atom is 0.335 e. The van der Waals surface area contributed by atoms with Gasteiger partial charge in [-0.25, -0.2) is 13.6 Å². The highest BCUT2D eigenvalue weighted by Crippen LogP contribution is 2.34. The average Bonchev–Trinajstić information content (AvgIpc) is 2.68. The summed E-state index contributed by atoms with van der Waals surface area (Å²) in [5.74, 6) is -3.10. The van der Waals surface area contributed by atoms with Crippen LogP contribution >= 0.6 is 0 Å². The van der Waals surface area contributed by atoms with Gasteiger partial charge in [-0.3, -0.25) is 4.98 Å². The van der Waals surface area contributed by atoms with Crippen molar-refractivity contribution in [3.8, 4) is 28.1 Å². The number of rotatable bonds is 6. The van der Waals surface area contributed by atoms with E-state index < -0.39 is 23.4 Å². The lowest BCUT2D eigenvalue weighted by atomic mass is 9.96. The summed E-state index contributed by atoms with van der Waals surface area (Å²) in [6.07, 6.45) is 3.41. The summed E-state index contributed by atoms with van der Waals surface area (Å²) in [6.45, 7) is 2.05. The molecule has 3 rings (SSSR count). The first-order valence-corrected chi connectivity index (χ1v) is 8.80. The highest BCUT2D eigenvalue weighted by Gasteiger charge is 2.17. The Balaban J connectivity index is 2.17. The molecule has 0 saturated heterocycles. The van der Waals surface area contributed by atoms with Crippen LogP contribution in [0.25, 0.3) is 22.4 Å². The van der Waals surface area contributed by atoms with Gasteiger partial charge in [-0.1, -0.05) is 25.5 Å². The monoisotopic (exact) mass is 383 g/mol. The van der Waals surface area contributed by atoms with Crippen LogP contribution in [0.3, 0.4) is 0 Å². The second-order valence-electron chi connectivity index (χ2n) is 6.35. The van der Waals surface area contributed by atoms with Crippen molar-refractivity contribution in [1.82, 2.24) is 4.98 Å². The molecule has 0 aliphatic heterocycles. The lowest BCUT2D eigenvalue weighted by Crippen LogP contribution is -1.98. The van der Waals surface area contributed by atoms with Gasteiger partial charge in [0.25, 0.3) is 0 Å². The predicted molar refractivity (Wildman–Crippen MR) is 103 cm³/mol. The molecular formula is C22H19F2NO3. The number of benzene rings is 2. The summed E-state index contributed by atoms with van der Waals surface area (Å²) >= 11 is 0. The highest BCUT2D eigenvalue weighted by molar-refractivity contribution is 5.89. The van der Waals surface area contributed by atoms with E-state index in [0.29, 0.717) is 16.8 Å². The molecule has 0 aliphatic rings. The van der Waals surface area contributed by atoms with Crippen LogP contribution in [0, 0.1) is 11.6 Å². The van der Waals surface area contributed by atoms with Crippen LogP contribution in [0.5, 0.6) is 5.75 Å². The van der Waals surface area contributed by atoms with Crippen LogP contribution in [-0.2, 0) is 6.42 Å². The van der Waals surface area contributed by atoms with Crippen molar-refractivity contribution in [2.45, 2.75) is 19.8 Å². The summed E-state index contributed by atoms with van der Waals surface area (Å²) in [7, 11) is 1.20. The van der Waals surface area contributed by atoms with Gasteiger partial charge in [0.05, 0.1) is 18.4 Å². The van der Waals surface area contributed by atoms with E-state index in [0.717, 1.165) is 18.4 Å². The Hall–Kier alpha value is -3.28. The molecule has 28 heavy (non-hydrogen) atoms. The molecule has 1 aromatic heterocycles. The molecule has 0 spiro atoms. The minimum absolute atomic E-state index is 0.157. The number of carboxylic acid groups (broad SMARTS) is 1. The van der Waals surface area contributed by atoms with Crippen LogP contribution in [0.4, 0.5) is 8.78 Å². The molecule has 144 valence electrons. The lowest BCUT2D eigenvalue weighted by molar-refractivity contribution is 0.0697. The molecule has 3 aromatic rings. The minimum atomic E-state index is -1.02. The van der Waals surface area contributed by atoms with Gasteiger partial charge < -0.3 is 9.84 Å². The van der Waals surface area contributed by atoms with E-state index in [-0.39, 0.29) is 11.1 Å². The van der Waals surface area contributed by atoms with Crippen LogP contribution < -0.4 is 4.74 Å². The summed E-state index contributed by atoms with van der Waals surface area (Å²) in [6, 6.07) is 10.6. The Morgan fingerprint density at radius 2 is 1.71 bits per heavy atom. The molecule has 0 atom stereocenters. The molecule has 1 N–H and O–H groups in total. The van der Waals surface area contributed by atoms with Gasteiger partial charge >= 0.3 is 5.97 Å². The van der Waals surface area contributed by atoms with Gasteiger partial charge in [0, 0.05) is 17.3 Å². The zero-order valence-electron chi connectivity index (χ0n) is 15.5. The van der Waals surface area contributed by atoms with E-state index in [2.05, 4.69) is 4.98 Å². The number of methoxy groups -OCH3 is 1. The zero-order valence-corrected chi connectivity index (χ0v) is 15.5. The number of carboxylic acids is 1. The summed E-state index contributed by atoms with van der Waals surface area (Å²) < 4.78 is 33.2. The fourth-order valence-electron chi connectivity index (χ4n) is 3.07. The molecule has 4 nitrogen and oxygen atoms in total. The van der Waals surface area contributed by atoms with Crippen LogP contribution in [0.1, 0.15) is 29.3 Å². The Labute approximate surface area is 161 Å². The quantitative estimate of drug-likeness (QED) is 0.623. The number of aromatic carboxylic acids is 1. The number of carbonyl (C=O) groups is 1. The average molecular weight is 383 g/mol. The Morgan fingerprint density at radius 3 is 2.25 bits per heavy atom. The Bertz CT molecular complexity index is 994. The fourth-order valence-corrected chi connectivity index (χ4v) is 3.07. The first-order chi connectivity index (χ1) is 13.4. The van der Waals surface area contributed by atoms with Crippen molar-refractivity contribution in [2.24, 2.45) is 0 Å². The molecule has 0 amide bonds. The van der Waals surface area contributed by atoms with Crippen molar-refractivity contribution in [3.05, 3.63) is 71.4 Å². The van der Waals surface area contributed by atoms with Gasteiger partial charge in [0.1, 0.15) is 0 Å². The number of aryl methyl sites for hydroxylation is 1. The maximum atomic E-state index is 14.2. The van der Waals surface area contributed by atoms with E-state index in [9.17, 15) is 13.6 Å². The standard InChI is InChI=1S/C22H19F2NO3/c1-3-4-13-9-17(14-5-7-15(8-6-14)22(26)27)20(25-12-13)16-10-18(23)21(28-2)19(24)11-16/h5-12H,3-4H2,1-2H3,(H,26,27). The number of aromatic nitrogens is 1. The number of hydrogen-bond donors (Lipinski definition) is 1. The largest absolute Gasteiger partial charge is 0.491 e. The molecule has 0 bridgehead atoms. The van der Waals surface area contributed by atoms with E-state index in [4.69, 9.17) is 9.84 Å². The SMILES string of the molecule is CCCc1cnc(-c2cc(F)c(OC)c(F)c2)c(-c2ccc(C(=O)O)cc2)c1. The first kappa shape index (κ1) is 19.5. The van der Waals surface area contributed by atoms with Crippen molar-refractivity contribution < 1.29 is 23.4 Å².